The topological polar surface area (TPSA) is 116 Å². The van der Waals surface area contributed by atoms with Crippen molar-refractivity contribution in [2.45, 2.75) is 6.92 Å². The van der Waals surface area contributed by atoms with E-state index in [1.807, 2.05) is 0 Å². The van der Waals surface area contributed by atoms with Crippen LogP contribution in [0, 0.1) is 6.92 Å². The molecule has 3 aromatic rings. The highest BCUT2D eigenvalue weighted by atomic mass is 16.7. The number of nitrogens with one attached hydrogen (secondary N) is 2. The van der Waals surface area contributed by atoms with Crippen LogP contribution in [0.4, 0.5) is 11.4 Å². The number of hydrogen-bond acceptors (Lipinski definition) is 7. The summed E-state index contributed by atoms with van der Waals surface area (Å²) in [5, 5.41) is 5.46. The second kappa shape index (κ2) is 9.31. The normalized spacial score (nSPS) is 11.9. The monoisotopic (exact) mass is 448 g/mol. The van der Waals surface area contributed by atoms with Crippen molar-refractivity contribution in [2.24, 2.45) is 0 Å². The highest BCUT2D eigenvalue weighted by Gasteiger charge is 2.17. The Morgan fingerprint density at radius 3 is 2.58 bits per heavy atom. The molecule has 1 aliphatic rings. The lowest BCUT2D eigenvalue weighted by atomic mass is 10.1. The van der Waals surface area contributed by atoms with Crippen molar-refractivity contribution in [3.05, 3.63) is 77.3 Å². The predicted octanol–water partition coefficient (Wildman–Crippen LogP) is 4.01. The quantitative estimate of drug-likeness (QED) is 0.432. The molecular formula is C24H20N2O7. The second-order valence-electron chi connectivity index (χ2n) is 7.00. The number of aryl methyl sites for hydroxylation is 1. The zero-order chi connectivity index (χ0) is 23.4. The third-order valence-corrected chi connectivity index (χ3v) is 4.80. The van der Waals surface area contributed by atoms with Crippen LogP contribution in [0.5, 0.6) is 11.5 Å². The average Bonchev–Trinajstić information content (AvgIpc) is 3.43. The summed E-state index contributed by atoms with van der Waals surface area (Å²) in [7, 11) is 1.28. The molecule has 0 fully saturated rings. The third kappa shape index (κ3) is 4.87. The van der Waals surface area contributed by atoms with E-state index in [0.29, 0.717) is 34.4 Å². The van der Waals surface area contributed by atoms with Gasteiger partial charge in [-0.05, 0) is 43.3 Å². The van der Waals surface area contributed by atoms with Gasteiger partial charge in [0.25, 0.3) is 5.91 Å². The maximum atomic E-state index is 12.8. The molecule has 33 heavy (non-hydrogen) atoms. The van der Waals surface area contributed by atoms with E-state index < -0.39 is 17.8 Å². The molecular weight excluding hydrogens is 428 g/mol. The lowest BCUT2D eigenvalue weighted by Gasteiger charge is -2.11. The molecule has 0 radical (unpaired) electrons. The fourth-order valence-electron chi connectivity index (χ4n) is 3.19. The van der Waals surface area contributed by atoms with Crippen LogP contribution >= 0.6 is 0 Å². The maximum Gasteiger partial charge on any atom is 0.341 e. The molecule has 0 saturated heterocycles. The summed E-state index contributed by atoms with van der Waals surface area (Å²) in [5.41, 5.74) is 1.41. The molecule has 1 aromatic heterocycles. The number of rotatable bonds is 6. The van der Waals surface area contributed by atoms with Gasteiger partial charge < -0.3 is 29.3 Å². The minimum absolute atomic E-state index is 0.136. The maximum absolute atomic E-state index is 12.8. The van der Waals surface area contributed by atoms with Crippen molar-refractivity contribution in [3.8, 4) is 11.5 Å². The van der Waals surface area contributed by atoms with Crippen molar-refractivity contribution in [2.75, 3.05) is 24.5 Å². The second-order valence-corrected chi connectivity index (χ2v) is 7.00. The highest BCUT2D eigenvalue weighted by molar-refractivity contribution is 6.11. The van der Waals surface area contributed by atoms with Gasteiger partial charge in [0.2, 0.25) is 12.7 Å². The molecule has 2 N–H and O–H groups in total. The summed E-state index contributed by atoms with van der Waals surface area (Å²) in [6.07, 6.45) is 2.66. The van der Waals surface area contributed by atoms with Crippen LogP contribution < -0.4 is 20.1 Å². The van der Waals surface area contributed by atoms with Gasteiger partial charge >= 0.3 is 5.97 Å². The van der Waals surface area contributed by atoms with Gasteiger partial charge in [0.05, 0.1) is 18.4 Å². The molecule has 168 valence electrons. The molecule has 0 saturated carbocycles. The molecule has 4 rings (SSSR count). The summed E-state index contributed by atoms with van der Waals surface area (Å²) >= 11 is 0. The lowest BCUT2D eigenvalue weighted by molar-refractivity contribution is -0.111. The van der Waals surface area contributed by atoms with Crippen molar-refractivity contribution in [1.82, 2.24) is 0 Å². The van der Waals surface area contributed by atoms with Crippen LogP contribution in [0.1, 0.15) is 32.2 Å². The summed E-state index contributed by atoms with van der Waals surface area (Å²) in [4.78, 5) is 36.9. The largest absolute Gasteiger partial charge is 0.465 e. The summed E-state index contributed by atoms with van der Waals surface area (Å²) in [6.45, 7) is 1.76. The van der Waals surface area contributed by atoms with Gasteiger partial charge in [-0.2, -0.15) is 0 Å². The van der Waals surface area contributed by atoms with E-state index >= 15 is 0 Å². The Kier molecular flexibility index (Phi) is 6.12. The molecule has 1 aliphatic heterocycles. The Balaban J connectivity index is 1.45. The Labute approximate surface area is 188 Å². The van der Waals surface area contributed by atoms with Crippen LogP contribution in [-0.2, 0) is 9.53 Å². The standard InChI is InChI=1S/C24H20N2O7/c1-14-18(24(29)30-2)12-16(33-14)8-10-22(27)26-19-6-4-3-5-17(19)23(28)25-15-7-9-20-21(11-15)32-13-31-20/h3-12H,13H2,1-2H3,(H,25,28)(H,26,27)/b10-8+. The van der Waals surface area contributed by atoms with E-state index in [4.69, 9.17) is 13.9 Å². The first kappa shape index (κ1) is 21.7. The van der Waals surface area contributed by atoms with Crippen LogP contribution in [0.15, 0.2) is 59.0 Å². The molecule has 0 bridgehead atoms. The number of para-hydroxylation sites is 1. The first-order valence-electron chi connectivity index (χ1n) is 9.92. The molecule has 9 nitrogen and oxygen atoms in total. The minimum Gasteiger partial charge on any atom is -0.465 e. The van der Waals surface area contributed by atoms with Gasteiger partial charge in [-0.3, -0.25) is 9.59 Å². The van der Waals surface area contributed by atoms with E-state index in [9.17, 15) is 14.4 Å². The zero-order valence-electron chi connectivity index (χ0n) is 17.8. The van der Waals surface area contributed by atoms with Crippen LogP contribution in [-0.4, -0.2) is 31.7 Å². The van der Waals surface area contributed by atoms with Gasteiger partial charge in [0.15, 0.2) is 11.5 Å². The number of benzene rings is 2. The fraction of sp³-hybridized carbons (Fsp3) is 0.125. The van der Waals surface area contributed by atoms with Gasteiger partial charge in [-0.1, -0.05) is 12.1 Å². The number of hydrogen-bond donors (Lipinski definition) is 2. The van der Waals surface area contributed by atoms with Gasteiger partial charge in [-0.15, -0.1) is 0 Å². The molecule has 0 spiro atoms. The molecule has 2 amide bonds. The number of fused-ring (bicyclic) bond motifs is 1. The fourth-order valence-corrected chi connectivity index (χ4v) is 3.19. The van der Waals surface area contributed by atoms with E-state index in [0.717, 1.165) is 0 Å². The van der Waals surface area contributed by atoms with Crippen molar-refractivity contribution in [1.29, 1.82) is 0 Å². The summed E-state index contributed by atoms with van der Waals surface area (Å²) < 4.78 is 20.7. The third-order valence-electron chi connectivity index (χ3n) is 4.80. The summed E-state index contributed by atoms with van der Waals surface area (Å²) in [5.74, 6) is 0.443. The van der Waals surface area contributed by atoms with E-state index in [1.54, 1.807) is 49.4 Å². The molecule has 0 atom stereocenters. The van der Waals surface area contributed by atoms with Crippen LogP contribution in [0.3, 0.4) is 0 Å². The van der Waals surface area contributed by atoms with Crippen molar-refractivity contribution >= 4 is 35.2 Å². The molecule has 2 aromatic carbocycles. The SMILES string of the molecule is COC(=O)c1cc(/C=C/C(=O)Nc2ccccc2C(=O)Nc2ccc3c(c2)OCO3)oc1C. The first-order chi connectivity index (χ1) is 15.9. The number of furan rings is 1. The number of anilines is 2. The van der Waals surface area contributed by atoms with Crippen LogP contribution in [0.25, 0.3) is 6.08 Å². The minimum atomic E-state index is -0.525. The number of methoxy groups -OCH3 is 1. The first-order valence-corrected chi connectivity index (χ1v) is 9.92. The predicted molar refractivity (Wildman–Crippen MR) is 119 cm³/mol. The van der Waals surface area contributed by atoms with E-state index in [2.05, 4.69) is 15.4 Å². The molecule has 0 aliphatic carbocycles. The number of carbonyl (C=O) groups excluding carboxylic acids is 3. The Morgan fingerprint density at radius 2 is 1.76 bits per heavy atom. The van der Waals surface area contributed by atoms with Gasteiger partial charge in [-0.25, -0.2) is 4.79 Å². The Morgan fingerprint density at radius 1 is 0.970 bits per heavy atom. The number of amides is 2. The van der Waals surface area contributed by atoms with Gasteiger partial charge in [0.1, 0.15) is 17.1 Å². The number of esters is 1. The number of carbonyl (C=O) groups is 3. The molecule has 2 heterocycles. The Bertz CT molecular complexity index is 1260. The lowest BCUT2D eigenvalue weighted by Crippen LogP contribution is -2.17. The van der Waals surface area contributed by atoms with Crippen LogP contribution in [0.2, 0.25) is 0 Å². The molecule has 0 unspecified atom stereocenters. The van der Waals surface area contributed by atoms with Crippen molar-refractivity contribution in [3.63, 3.8) is 0 Å². The average molecular weight is 448 g/mol. The van der Waals surface area contributed by atoms with E-state index in [-0.39, 0.29) is 17.9 Å². The zero-order valence-corrected chi connectivity index (χ0v) is 17.8. The Hall–Kier alpha value is -4.53. The highest BCUT2D eigenvalue weighted by Crippen LogP contribution is 2.34. The molecule has 9 heteroatoms. The van der Waals surface area contributed by atoms with E-state index in [1.165, 1.54) is 25.3 Å². The van der Waals surface area contributed by atoms with Crippen molar-refractivity contribution < 1.29 is 33.0 Å². The van der Waals surface area contributed by atoms with Gasteiger partial charge in [0, 0.05) is 17.8 Å². The smallest absolute Gasteiger partial charge is 0.341 e. The summed E-state index contributed by atoms with van der Waals surface area (Å²) in [6, 6.07) is 13.2. The number of ether oxygens (including phenoxy) is 3.